The van der Waals surface area contributed by atoms with Gasteiger partial charge in [-0.3, -0.25) is 14.6 Å². The number of phenolic OH excluding ortho intramolecular Hbond substituents is 1. The fraction of sp³-hybridized carbons (Fsp3) is 0.581. The van der Waals surface area contributed by atoms with Gasteiger partial charge in [0.25, 0.3) is 5.91 Å². The molecule has 0 bridgehead atoms. The normalized spacial score (nSPS) is 19.2. The molecule has 39 heavy (non-hydrogen) atoms. The van der Waals surface area contributed by atoms with Gasteiger partial charge < -0.3 is 24.2 Å². The van der Waals surface area contributed by atoms with Crippen molar-refractivity contribution in [2.75, 3.05) is 72.9 Å². The molecule has 2 aromatic rings. The quantitative estimate of drug-likeness (QED) is 0.341. The Kier molecular flexibility index (Phi) is 12.7. The van der Waals surface area contributed by atoms with Crippen molar-refractivity contribution >= 4 is 5.91 Å². The number of piperazine rings is 1. The van der Waals surface area contributed by atoms with Gasteiger partial charge in [0.05, 0.1) is 39.1 Å². The zero-order chi connectivity index (χ0) is 28.2. The maximum absolute atomic E-state index is 12.9. The van der Waals surface area contributed by atoms with Gasteiger partial charge in [0, 0.05) is 57.5 Å². The van der Waals surface area contributed by atoms with Gasteiger partial charge in [-0.25, -0.2) is 0 Å². The van der Waals surface area contributed by atoms with Crippen LogP contribution in [0, 0.1) is 0 Å². The van der Waals surface area contributed by atoms with E-state index in [0.717, 1.165) is 30.8 Å². The molecule has 8 heteroatoms. The third-order valence-electron chi connectivity index (χ3n) is 7.53. The van der Waals surface area contributed by atoms with E-state index in [2.05, 4.69) is 41.8 Å². The second kappa shape index (κ2) is 15.9. The van der Waals surface area contributed by atoms with Crippen LogP contribution in [-0.2, 0) is 14.2 Å². The molecule has 0 saturated carbocycles. The first-order chi connectivity index (χ1) is 18.9. The highest BCUT2D eigenvalue weighted by Gasteiger charge is 2.35. The summed E-state index contributed by atoms with van der Waals surface area (Å²) in [5.74, 6) is 0.313. The molecule has 8 nitrogen and oxygen atoms in total. The lowest BCUT2D eigenvalue weighted by molar-refractivity contribution is -0.00780. The minimum atomic E-state index is -0.0326. The van der Waals surface area contributed by atoms with Crippen molar-refractivity contribution in [1.29, 1.82) is 0 Å². The molecule has 2 aromatic carbocycles. The first kappa shape index (κ1) is 31.0. The van der Waals surface area contributed by atoms with E-state index in [1.54, 1.807) is 13.2 Å². The van der Waals surface area contributed by atoms with Gasteiger partial charge in [-0.15, -0.1) is 0 Å². The van der Waals surface area contributed by atoms with Crippen molar-refractivity contribution in [3.63, 3.8) is 0 Å². The standard InChI is InChI=1S/C31H47N3O5/c1-6-32(7-2)31(36)27-13-11-26(12-14-27)30(28-9-8-10-29(35)21-28)34-23-24(3)33(22-25(34)4)15-16-38-19-20-39-18-17-37-5/h8-14,21,24-25,30,35H,6-7,15-20,22-23H2,1-5H3/t24-,25+,30-/m1/s1. The maximum Gasteiger partial charge on any atom is 0.253 e. The third kappa shape index (κ3) is 8.75. The van der Waals surface area contributed by atoms with Gasteiger partial charge in [-0.05, 0) is 63.1 Å². The van der Waals surface area contributed by atoms with Crippen molar-refractivity contribution in [2.45, 2.75) is 45.8 Å². The monoisotopic (exact) mass is 541 g/mol. The topological polar surface area (TPSA) is 74.7 Å². The molecule has 1 aliphatic rings. The number of nitrogens with zero attached hydrogens (tertiary/aromatic N) is 3. The Bertz CT molecular complexity index is 998. The average Bonchev–Trinajstić information content (AvgIpc) is 2.93. The van der Waals surface area contributed by atoms with E-state index >= 15 is 0 Å². The van der Waals surface area contributed by atoms with Crippen molar-refractivity contribution in [3.8, 4) is 5.75 Å². The molecule has 1 amide bonds. The second-order valence-corrected chi connectivity index (χ2v) is 10.2. The van der Waals surface area contributed by atoms with Gasteiger partial charge >= 0.3 is 0 Å². The SMILES string of the molecule is CCN(CC)C(=O)c1ccc([C@H](c2cccc(O)c2)N2C[C@@H](C)N(CCOCCOCCOC)C[C@@H]2C)cc1. The Morgan fingerprint density at radius 1 is 0.923 bits per heavy atom. The van der Waals surface area contributed by atoms with E-state index < -0.39 is 0 Å². The van der Waals surface area contributed by atoms with E-state index in [9.17, 15) is 9.90 Å². The molecule has 216 valence electrons. The lowest BCUT2D eigenvalue weighted by atomic mass is 9.92. The van der Waals surface area contributed by atoms with Crippen LogP contribution in [-0.4, -0.2) is 111 Å². The molecule has 0 aromatic heterocycles. The van der Waals surface area contributed by atoms with E-state index in [0.29, 0.717) is 57.7 Å². The molecule has 1 saturated heterocycles. The molecule has 3 atom stereocenters. The van der Waals surface area contributed by atoms with Crippen molar-refractivity contribution in [2.24, 2.45) is 0 Å². The zero-order valence-electron chi connectivity index (χ0n) is 24.3. The molecule has 1 N–H and O–H groups in total. The Labute approximate surface area is 234 Å². The predicted molar refractivity (Wildman–Crippen MR) is 154 cm³/mol. The summed E-state index contributed by atoms with van der Waals surface area (Å²) in [5.41, 5.74) is 2.86. The number of phenols is 1. The third-order valence-corrected chi connectivity index (χ3v) is 7.53. The van der Waals surface area contributed by atoms with Gasteiger partial charge in [0.2, 0.25) is 0 Å². The molecule has 1 heterocycles. The van der Waals surface area contributed by atoms with Gasteiger partial charge in [-0.2, -0.15) is 0 Å². The molecule has 0 spiro atoms. The van der Waals surface area contributed by atoms with Crippen LogP contribution >= 0.6 is 0 Å². The highest BCUT2D eigenvalue weighted by Crippen LogP contribution is 2.34. The second-order valence-electron chi connectivity index (χ2n) is 10.2. The number of methoxy groups -OCH3 is 1. The van der Waals surface area contributed by atoms with Crippen molar-refractivity contribution in [3.05, 3.63) is 65.2 Å². The van der Waals surface area contributed by atoms with E-state index in [1.165, 1.54) is 0 Å². The number of benzene rings is 2. The highest BCUT2D eigenvalue weighted by molar-refractivity contribution is 5.94. The summed E-state index contributed by atoms with van der Waals surface area (Å²) in [6.45, 7) is 15.6. The van der Waals surface area contributed by atoms with Gasteiger partial charge in [0.1, 0.15) is 5.75 Å². The molecule has 1 fully saturated rings. The van der Waals surface area contributed by atoms with Crippen molar-refractivity contribution < 1.29 is 24.1 Å². The molecule has 3 rings (SSSR count). The summed E-state index contributed by atoms with van der Waals surface area (Å²) >= 11 is 0. The van der Waals surface area contributed by atoms with Crippen LogP contribution in [0.5, 0.6) is 5.75 Å². The largest absolute Gasteiger partial charge is 0.508 e. The molecule has 1 aliphatic heterocycles. The van der Waals surface area contributed by atoms with Crippen LogP contribution in [0.2, 0.25) is 0 Å². The number of hydrogen-bond acceptors (Lipinski definition) is 7. The minimum absolute atomic E-state index is 0.0326. The summed E-state index contributed by atoms with van der Waals surface area (Å²) in [5, 5.41) is 10.3. The van der Waals surface area contributed by atoms with E-state index in [4.69, 9.17) is 14.2 Å². The molecular formula is C31H47N3O5. The van der Waals surface area contributed by atoms with Gasteiger partial charge in [-0.1, -0.05) is 24.3 Å². The van der Waals surface area contributed by atoms with E-state index in [1.807, 2.05) is 43.0 Å². The highest BCUT2D eigenvalue weighted by atomic mass is 16.5. The lowest BCUT2D eigenvalue weighted by Gasteiger charge is -2.47. The van der Waals surface area contributed by atoms with Crippen LogP contribution in [0.15, 0.2) is 48.5 Å². The number of amides is 1. The number of aromatic hydroxyl groups is 1. The maximum atomic E-state index is 12.9. The predicted octanol–water partition coefficient (Wildman–Crippen LogP) is 4.04. The van der Waals surface area contributed by atoms with E-state index in [-0.39, 0.29) is 23.7 Å². The Morgan fingerprint density at radius 3 is 2.23 bits per heavy atom. The summed E-state index contributed by atoms with van der Waals surface area (Å²) in [4.78, 5) is 19.7. The van der Waals surface area contributed by atoms with Crippen LogP contribution in [0.4, 0.5) is 0 Å². The average molecular weight is 542 g/mol. The van der Waals surface area contributed by atoms with Crippen LogP contribution < -0.4 is 0 Å². The first-order valence-electron chi connectivity index (χ1n) is 14.2. The number of carbonyl (C=O) groups excluding carboxylic acids is 1. The smallest absolute Gasteiger partial charge is 0.253 e. The summed E-state index contributed by atoms with van der Waals surface area (Å²) in [6, 6.07) is 16.1. The summed E-state index contributed by atoms with van der Waals surface area (Å²) in [6.07, 6.45) is 0. The first-order valence-corrected chi connectivity index (χ1v) is 14.2. The summed E-state index contributed by atoms with van der Waals surface area (Å²) in [7, 11) is 1.67. The fourth-order valence-electron chi connectivity index (χ4n) is 5.31. The lowest BCUT2D eigenvalue weighted by Crippen LogP contribution is -2.57. The summed E-state index contributed by atoms with van der Waals surface area (Å²) < 4.78 is 16.3. The molecule has 0 unspecified atom stereocenters. The fourth-order valence-corrected chi connectivity index (χ4v) is 5.31. The Morgan fingerprint density at radius 2 is 1.59 bits per heavy atom. The number of ether oxygens (including phenoxy) is 3. The van der Waals surface area contributed by atoms with Crippen LogP contribution in [0.3, 0.4) is 0 Å². The van der Waals surface area contributed by atoms with Gasteiger partial charge in [0.15, 0.2) is 0 Å². The number of rotatable bonds is 15. The molecule has 0 aliphatic carbocycles. The molecular weight excluding hydrogens is 494 g/mol. The Balaban J connectivity index is 1.70. The van der Waals surface area contributed by atoms with Crippen molar-refractivity contribution in [1.82, 2.24) is 14.7 Å². The zero-order valence-corrected chi connectivity index (χ0v) is 24.3. The minimum Gasteiger partial charge on any atom is -0.508 e. The molecule has 0 radical (unpaired) electrons. The number of carbonyl (C=O) groups is 1. The van der Waals surface area contributed by atoms with Crippen LogP contribution in [0.1, 0.15) is 55.2 Å². The number of hydrogen-bond donors (Lipinski definition) is 1. The Hall–Kier alpha value is -2.49. The van der Waals surface area contributed by atoms with Crippen LogP contribution in [0.25, 0.3) is 0 Å².